The molecular weight excluding hydrogens is 154 g/mol. The van der Waals surface area contributed by atoms with E-state index in [-0.39, 0.29) is 23.8 Å². The number of aliphatic carboxylic acids is 1. The molecule has 0 aliphatic carbocycles. The zero-order valence-corrected chi connectivity index (χ0v) is 8.29. The monoisotopic (exact) mass is 173 g/mol. The van der Waals surface area contributed by atoms with Crippen molar-refractivity contribution in [1.29, 1.82) is 0 Å². The summed E-state index contributed by atoms with van der Waals surface area (Å²) in [7, 11) is 0. The number of carbonyl (C=O) groups is 1. The van der Waals surface area contributed by atoms with Gasteiger partial charge in [0.05, 0.1) is 6.42 Å². The van der Waals surface area contributed by atoms with Gasteiger partial charge in [-0.25, -0.2) is 0 Å². The molecule has 0 rings (SSSR count). The van der Waals surface area contributed by atoms with Crippen molar-refractivity contribution in [1.82, 2.24) is 0 Å². The lowest BCUT2D eigenvalue weighted by atomic mass is 9.77. The highest BCUT2D eigenvalue weighted by atomic mass is 16.4. The van der Waals surface area contributed by atoms with Crippen molar-refractivity contribution >= 4 is 5.97 Å². The quantitative estimate of drug-likeness (QED) is 0.679. The van der Waals surface area contributed by atoms with Crippen LogP contribution in [0.3, 0.4) is 0 Å². The average Bonchev–Trinajstić information content (AvgIpc) is 1.82. The van der Waals surface area contributed by atoms with Crippen molar-refractivity contribution in [2.24, 2.45) is 17.1 Å². The SMILES string of the molecule is CC([C@@H](N)CC(=O)O)C(C)(C)C. The Bertz CT molecular complexity index is 160. The van der Waals surface area contributed by atoms with Gasteiger partial charge in [0.1, 0.15) is 0 Å². The molecule has 0 aromatic rings. The van der Waals surface area contributed by atoms with E-state index in [4.69, 9.17) is 10.8 Å². The Balaban J connectivity index is 4.10. The maximum absolute atomic E-state index is 10.4. The number of hydrogen-bond donors (Lipinski definition) is 2. The summed E-state index contributed by atoms with van der Waals surface area (Å²) in [4.78, 5) is 10.4. The summed E-state index contributed by atoms with van der Waals surface area (Å²) in [6.07, 6.45) is 0.0540. The molecule has 0 radical (unpaired) electrons. The van der Waals surface area contributed by atoms with E-state index in [0.29, 0.717) is 0 Å². The molecule has 0 aromatic heterocycles. The van der Waals surface area contributed by atoms with Gasteiger partial charge < -0.3 is 10.8 Å². The van der Waals surface area contributed by atoms with Crippen LogP contribution in [0.5, 0.6) is 0 Å². The zero-order chi connectivity index (χ0) is 9.94. The predicted octanol–water partition coefficient (Wildman–Crippen LogP) is 1.47. The first-order chi connectivity index (χ1) is 5.25. The Labute approximate surface area is 74.0 Å². The third-order valence-electron chi connectivity index (χ3n) is 2.42. The molecule has 3 heteroatoms. The van der Waals surface area contributed by atoms with E-state index >= 15 is 0 Å². The summed E-state index contributed by atoms with van der Waals surface area (Å²) >= 11 is 0. The largest absolute Gasteiger partial charge is 0.481 e. The Hall–Kier alpha value is -0.570. The topological polar surface area (TPSA) is 63.3 Å². The molecule has 12 heavy (non-hydrogen) atoms. The van der Waals surface area contributed by atoms with E-state index in [1.165, 1.54) is 0 Å². The smallest absolute Gasteiger partial charge is 0.304 e. The van der Waals surface area contributed by atoms with Crippen LogP contribution in [0.25, 0.3) is 0 Å². The van der Waals surface area contributed by atoms with Crippen LogP contribution in [0.1, 0.15) is 34.1 Å². The summed E-state index contributed by atoms with van der Waals surface area (Å²) in [6.45, 7) is 8.20. The lowest BCUT2D eigenvalue weighted by molar-refractivity contribution is -0.137. The van der Waals surface area contributed by atoms with Crippen LogP contribution in [-0.4, -0.2) is 17.1 Å². The first-order valence-electron chi connectivity index (χ1n) is 4.22. The molecule has 0 fully saturated rings. The summed E-state index contributed by atoms with van der Waals surface area (Å²) in [5, 5.41) is 8.52. The van der Waals surface area contributed by atoms with Crippen LogP contribution in [0.4, 0.5) is 0 Å². The molecule has 3 nitrogen and oxygen atoms in total. The number of carboxylic acids is 1. The zero-order valence-electron chi connectivity index (χ0n) is 8.29. The van der Waals surface area contributed by atoms with Crippen LogP contribution < -0.4 is 5.73 Å². The van der Waals surface area contributed by atoms with Crippen LogP contribution in [-0.2, 0) is 4.79 Å². The lowest BCUT2D eigenvalue weighted by Gasteiger charge is -2.31. The highest BCUT2D eigenvalue weighted by Gasteiger charge is 2.26. The molecule has 0 amide bonds. The maximum atomic E-state index is 10.4. The minimum Gasteiger partial charge on any atom is -0.481 e. The molecule has 1 unspecified atom stereocenters. The van der Waals surface area contributed by atoms with E-state index in [0.717, 1.165) is 0 Å². The lowest BCUT2D eigenvalue weighted by Crippen LogP contribution is -2.37. The van der Waals surface area contributed by atoms with Gasteiger partial charge >= 0.3 is 5.97 Å². The molecular formula is C9H19NO2. The molecule has 0 saturated heterocycles. The van der Waals surface area contributed by atoms with Crippen molar-refractivity contribution in [2.75, 3.05) is 0 Å². The van der Waals surface area contributed by atoms with Crippen molar-refractivity contribution < 1.29 is 9.90 Å². The minimum absolute atomic E-state index is 0.0540. The van der Waals surface area contributed by atoms with Gasteiger partial charge in [-0.15, -0.1) is 0 Å². The minimum atomic E-state index is -0.821. The van der Waals surface area contributed by atoms with Crippen LogP contribution in [0, 0.1) is 11.3 Å². The van der Waals surface area contributed by atoms with Gasteiger partial charge in [-0.05, 0) is 11.3 Å². The number of carboxylic acid groups (broad SMARTS) is 1. The van der Waals surface area contributed by atoms with Crippen molar-refractivity contribution in [3.8, 4) is 0 Å². The van der Waals surface area contributed by atoms with Crippen molar-refractivity contribution in [2.45, 2.75) is 40.2 Å². The van der Waals surface area contributed by atoms with E-state index in [1.807, 2.05) is 6.92 Å². The summed E-state index contributed by atoms with van der Waals surface area (Å²) in [5.41, 5.74) is 5.80. The van der Waals surface area contributed by atoms with Gasteiger partial charge in [-0.3, -0.25) is 4.79 Å². The van der Waals surface area contributed by atoms with E-state index in [2.05, 4.69) is 20.8 Å². The standard InChI is InChI=1S/C9H19NO2/c1-6(9(2,3)4)7(10)5-8(11)12/h6-7H,5,10H2,1-4H3,(H,11,12)/t6?,7-/m0/s1. The first kappa shape index (κ1) is 11.4. The summed E-state index contributed by atoms with van der Waals surface area (Å²) < 4.78 is 0. The molecule has 0 heterocycles. The maximum Gasteiger partial charge on any atom is 0.304 e. The molecule has 72 valence electrons. The highest BCUT2D eigenvalue weighted by molar-refractivity contribution is 5.67. The van der Waals surface area contributed by atoms with Gasteiger partial charge in [0.25, 0.3) is 0 Å². The summed E-state index contributed by atoms with van der Waals surface area (Å²) in [5.74, 6) is -0.604. The molecule has 0 aliphatic heterocycles. The van der Waals surface area contributed by atoms with Crippen LogP contribution >= 0.6 is 0 Å². The van der Waals surface area contributed by atoms with E-state index < -0.39 is 5.97 Å². The van der Waals surface area contributed by atoms with Crippen LogP contribution in [0.15, 0.2) is 0 Å². The predicted molar refractivity (Wildman–Crippen MR) is 48.8 cm³/mol. The molecule has 0 saturated carbocycles. The number of hydrogen-bond acceptors (Lipinski definition) is 2. The third-order valence-corrected chi connectivity index (χ3v) is 2.42. The second-order valence-electron chi connectivity index (χ2n) is 4.42. The fourth-order valence-corrected chi connectivity index (χ4v) is 1.02. The van der Waals surface area contributed by atoms with Gasteiger partial charge in [0.2, 0.25) is 0 Å². The van der Waals surface area contributed by atoms with Gasteiger partial charge in [-0.1, -0.05) is 27.7 Å². The molecule has 2 atom stereocenters. The van der Waals surface area contributed by atoms with Crippen molar-refractivity contribution in [3.05, 3.63) is 0 Å². The highest BCUT2D eigenvalue weighted by Crippen LogP contribution is 2.28. The molecule has 3 N–H and O–H groups in total. The average molecular weight is 173 g/mol. The second kappa shape index (κ2) is 3.90. The molecule has 0 bridgehead atoms. The Morgan fingerprint density at radius 3 is 2.17 bits per heavy atom. The number of rotatable bonds is 3. The molecule has 0 aromatic carbocycles. The van der Waals surface area contributed by atoms with E-state index in [1.54, 1.807) is 0 Å². The van der Waals surface area contributed by atoms with E-state index in [9.17, 15) is 4.79 Å². The summed E-state index contributed by atoms with van der Waals surface area (Å²) in [6, 6.07) is -0.248. The van der Waals surface area contributed by atoms with Crippen molar-refractivity contribution in [3.63, 3.8) is 0 Å². The van der Waals surface area contributed by atoms with Gasteiger partial charge in [0, 0.05) is 6.04 Å². The van der Waals surface area contributed by atoms with Crippen LogP contribution in [0.2, 0.25) is 0 Å². The first-order valence-corrected chi connectivity index (χ1v) is 4.22. The fraction of sp³-hybridized carbons (Fsp3) is 0.889. The second-order valence-corrected chi connectivity index (χ2v) is 4.42. The van der Waals surface area contributed by atoms with Gasteiger partial charge in [-0.2, -0.15) is 0 Å². The normalized spacial score (nSPS) is 17.1. The fourth-order valence-electron chi connectivity index (χ4n) is 1.02. The Morgan fingerprint density at radius 2 is 1.92 bits per heavy atom. The number of nitrogens with two attached hydrogens (primary N) is 1. The Kier molecular flexibility index (Phi) is 3.71. The Morgan fingerprint density at radius 1 is 1.50 bits per heavy atom. The molecule has 0 aliphatic rings. The third kappa shape index (κ3) is 3.72. The van der Waals surface area contributed by atoms with Gasteiger partial charge in [0.15, 0.2) is 0 Å². The molecule has 0 spiro atoms.